The van der Waals surface area contributed by atoms with Crippen molar-refractivity contribution in [1.29, 1.82) is 0 Å². The Balaban J connectivity index is 1.44. The maximum atomic E-state index is 13.3. The number of aromatic hydroxyl groups is 2. The monoisotopic (exact) mass is 513 g/mol. The Morgan fingerprint density at radius 1 is 0.865 bits per heavy atom. The molecule has 0 aromatic heterocycles. The number of carbonyl (C=O) groups is 2. The van der Waals surface area contributed by atoms with Crippen LogP contribution in [0.1, 0.15) is 34.8 Å². The second-order valence-electron chi connectivity index (χ2n) is 8.86. The van der Waals surface area contributed by atoms with Crippen LogP contribution in [0, 0.1) is 5.82 Å². The van der Waals surface area contributed by atoms with E-state index in [4.69, 9.17) is 0 Å². The fourth-order valence-corrected chi connectivity index (χ4v) is 5.86. The molecule has 5 rings (SSSR count). The Labute approximate surface area is 218 Å². The molecule has 1 amide bonds. The molecule has 4 aromatic carbocycles. The van der Waals surface area contributed by atoms with E-state index in [9.17, 15) is 24.2 Å². The molecular formula is C30H24FNO4S. The quantitative estimate of drug-likeness (QED) is 0.253. The number of halogens is 1. The molecule has 1 heterocycles. The highest BCUT2D eigenvalue weighted by molar-refractivity contribution is 8.14. The molecule has 1 fully saturated rings. The normalized spacial score (nSPS) is 17.2. The van der Waals surface area contributed by atoms with Gasteiger partial charge in [0.2, 0.25) is 0 Å². The number of phenols is 2. The fourth-order valence-electron chi connectivity index (χ4n) is 4.63. The van der Waals surface area contributed by atoms with E-state index in [0.717, 1.165) is 22.9 Å². The predicted molar refractivity (Wildman–Crippen MR) is 144 cm³/mol. The van der Waals surface area contributed by atoms with E-state index in [0.29, 0.717) is 23.2 Å². The van der Waals surface area contributed by atoms with Gasteiger partial charge in [0.1, 0.15) is 17.3 Å². The Morgan fingerprint density at radius 3 is 2.22 bits per heavy atom. The van der Waals surface area contributed by atoms with Crippen LogP contribution in [0.5, 0.6) is 11.5 Å². The van der Waals surface area contributed by atoms with E-state index in [-0.39, 0.29) is 34.2 Å². The molecule has 37 heavy (non-hydrogen) atoms. The van der Waals surface area contributed by atoms with E-state index in [2.05, 4.69) is 0 Å². The average Bonchev–Trinajstić information content (AvgIpc) is 3.23. The van der Waals surface area contributed by atoms with Crippen molar-refractivity contribution in [1.82, 2.24) is 0 Å². The summed E-state index contributed by atoms with van der Waals surface area (Å²) >= 11 is 1.13. The molecule has 7 heteroatoms. The van der Waals surface area contributed by atoms with Crippen molar-refractivity contribution in [2.75, 3.05) is 4.90 Å². The maximum Gasteiger partial charge on any atom is 0.287 e. The molecule has 2 N–H and O–H groups in total. The van der Waals surface area contributed by atoms with Crippen LogP contribution in [0.15, 0.2) is 97.1 Å². The number of hydrogen-bond donors (Lipinski definition) is 2. The molecule has 0 radical (unpaired) electrons. The molecule has 0 saturated carbocycles. The van der Waals surface area contributed by atoms with Crippen LogP contribution < -0.4 is 4.90 Å². The first-order valence-electron chi connectivity index (χ1n) is 11.9. The molecule has 5 nitrogen and oxygen atoms in total. The third kappa shape index (κ3) is 5.22. The van der Waals surface area contributed by atoms with Crippen molar-refractivity contribution in [3.63, 3.8) is 0 Å². The Morgan fingerprint density at radius 2 is 1.54 bits per heavy atom. The van der Waals surface area contributed by atoms with Crippen LogP contribution in [-0.4, -0.2) is 26.5 Å². The second-order valence-corrected chi connectivity index (χ2v) is 10.1. The highest BCUT2D eigenvalue weighted by Gasteiger charge is 2.43. The minimum atomic E-state index is -0.554. The summed E-state index contributed by atoms with van der Waals surface area (Å²) in [5.41, 5.74) is 3.63. The van der Waals surface area contributed by atoms with Crippen LogP contribution in [0.4, 0.5) is 14.9 Å². The number of benzene rings is 4. The number of ketones is 1. The van der Waals surface area contributed by atoms with Crippen LogP contribution in [0.3, 0.4) is 0 Å². The summed E-state index contributed by atoms with van der Waals surface area (Å²) in [6.07, 6.45) is 0.531. The highest BCUT2D eigenvalue weighted by atomic mass is 32.2. The van der Waals surface area contributed by atoms with Gasteiger partial charge in [-0.25, -0.2) is 4.39 Å². The maximum absolute atomic E-state index is 13.3. The van der Waals surface area contributed by atoms with Crippen LogP contribution >= 0.6 is 11.8 Å². The molecule has 4 aromatic rings. The molecular weight excluding hydrogens is 489 g/mol. The summed E-state index contributed by atoms with van der Waals surface area (Å²) in [4.78, 5) is 27.7. The third-order valence-electron chi connectivity index (χ3n) is 6.49. The molecule has 0 bridgehead atoms. The zero-order valence-electron chi connectivity index (χ0n) is 19.8. The largest absolute Gasteiger partial charge is 0.508 e. The molecule has 1 saturated heterocycles. The smallest absolute Gasteiger partial charge is 0.287 e. The molecule has 0 spiro atoms. The predicted octanol–water partition coefficient (Wildman–Crippen LogP) is 7.35. The first kappa shape index (κ1) is 24.6. The summed E-state index contributed by atoms with van der Waals surface area (Å²) in [5, 5.41) is 20.0. The number of rotatable bonds is 7. The lowest BCUT2D eigenvalue weighted by molar-refractivity contribution is 0.0979. The fraction of sp³-hybridized carbons (Fsp3) is 0.133. The Kier molecular flexibility index (Phi) is 6.97. The highest BCUT2D eigenvalue weighted by Crippen LogP contribution is 2.49. The van der Waals surface area contributed by atoms with Crippen molar-refractivity contribution < 1.29 is 24.2 Å². The van der Waals surface area contributed by atoms with Gasteiger partial charge in [0, 0.05) is 34.6 Å². The van der Waals surface area contributed by atoms with Gasteiger partial charge in [0.25, 0.3) is 5.24 Å². The van der Waals surface area contributed by atoms with Gasteiger partial charge in [-0.1, -0.05) is 54.2 Å². The lowest BCUT2D eigenvalue weighted by Gasteiger charge is -2.28. The summed E-state index contributed by atoms with van der Waals surface area (Å²) in [7, 11) is 0. The van der Waals surface area contributed by atoms with Gasteiger partial charge in [-0.2, -0.15) is 0 Å². The zero-order chi connectivity index (χ0) is 25.9. The van der Waals surface area contributed by atoms with Crippen molar-refractivity contribution in [2.45, 2.75) is 24.1 Å². The van der Waals surface area contributed by atoms with Crippen molar-refractivity contribution in [3.05, 3.63) is 114 Å². The van der Waals surface area contributed by atoms with Gasteiger partial charge in [-0.15, -0.1) is 0 Å². The minimum absolute atomic E-state index is 0.0833. The number of nitrogens with zero attached hydrogens (tertiary/aromatic N) is 1. The third-order valence-corrected chi connectivity index (χ3v) is 7.68. The van der Waals surface area contributed by atoms with Gasteiger partial charge in [0.15, 0.2) is 5.78 Å². The van der Waals surface area contributed by atoms with Gasteiger partial charge < -0.3 is 10.2 Å². The van der Waals surface area contributed by atoms with E-state index < -0.39 is 11.9 Å². The summed E-state index contributed by atoms with van der Waals surface area (Å²) in [5.74, 6) is -0.765. The van der Waals surface area contributed by atoms with E-state index >= 15 is 0 Å². The van der Waals surface area contributed by atoms with Crippen molar-refractivity contribution in [2.24, 2.45) is 0 Å². The SMILES string of the molecule is O=C(CC[C@H]1SC(=O)N(c2ccc(-c3ccccc3)cc2)[C@@H]1c1ccc(O)cc1O)c1ccc(F)cc1. The molecule has 186 valence electrons. The molecule has 1 aliphatic heterocycles. The first-order valence-corrected chi connectivity index (χ1v) is 12.7. The number of Topliss-reactive ketones (excluding diaryl/α,β-unsaturated/α-hetero) is 1. The summed E-state index contributed by atoms with van der Waals surface area (Å²) in [6.45, 7) is 0. The van der Waals surface area contributed by atoms with Crippen LogP contribution in [-0.2, 0) is 0 Å². The van der Waals surface area contributed by atoms with E-state index in [1.54, 1.807) is 11.0 Å². The van der Waals surface area contributed by atoms with Gasteiger partial charge in [-0.05, 0) is 66.1 Å². The van der Waals surface area contributed by atoms with Crippen molar-refractivity contribution in [3.8, 4) is 22.6 Å². The standard InChI is InChI=1S/C30H24FNO4S/c31-22-10-6-21(7-11-22)26(34)16-17-28-29(25-15-14-24(33)18-27(25)35)32(30(36)37-28)23-12-8-20(9-13-23)19-4-2-1-3-5-19/h1-15,18,28-29,33,35H,16-17H2/t28-,29-/m1/s1. The molecule has 0 aliphatic carbocycles. The number of carbonyl (C=O) groups excluding carboxylic acids is 2. The second kappa shape index (κ2) is 10.5. The molecule has 1 aliphatic rings. The number of hydrogen-bond acceptors (Lipinski definition) is 5. The lowest BCUT2D eigenvalue weighted by Crippen LogP contribution is -2.29. The van der Waals surface area contributed by atoms with Gasteiger partial charge in [-0.3, -0.25) is 14.5 Å². The number of amides is 1. The van der Waals surface area contributed by atoms with Gasteiger partial charge in [0.05, 0.1) is 6.04 Å². The average molecular weight is 514 g/mol. The minimum Gasteiger partial charge on any atom is -0.508 e. The van der Waals surface area contributed by atoms with Crippen LogP contribution in [0.25, 0.3) is 11.1 Å². The number of thioether (sulfide) groups is 1. The Bertz CT molecular complexity index is 1420. The zero-order valence-corrected chi connectivity index (χ0v) is 20.6. The van der Waals surface area contributed by atoms with Gasteiger partial charge >= 0.3 is 0 Å². The number of anilines is 1. The molecule has 0 unspecified atom stereocenters. The lowest BCUT2D eigenvalue weighted by atomic mass is 9.95. The van der Waals surface area contributed by atoms with E-state index in [1.165, 1.54) is 36.4 Å². The van der Waals surface area contributed by atoms with Crippen molar-refractivity contribution >= 4 is 28.5 Å². The Hall–Kier alpha value is -4.10. The molecule has 2 atom stereocenters. The first-order chi connectivity index (χ1) is 17.9. The number of phenolic OH excluding ortho intramolecular Hbond substituents is 2. The topological polar surface area (TPSA) is 77.8 Å². The summed E-state index contributed by atoms with van der Waals surface area (Å²) in [6, 6.07) is 26.7. The van der Waals surface area contributed by atoms with Crippen LogP contribution in [0.2, 0.25) is 0 Å². The van der Waals surface area contributed by atoms with E-state index in [1.807, 2.05) is 54.6 Å². The summed E-state index contributed by atoms with van der Waals surface area (Å²) < 4.78 is 13.3.